The summed E-state index contributed by atoms with van der Waals surface area (Å²) in [7, 11) is 1.99. The molecule has 2 heteroatoms. The van der Waals surface area contributed by atoms with Crippen molar-refractivity contribution in [2.75, 3.05) is 7.05 Å². The summed E-state index contributed by atoms with van der Waals surface area (Å²) < 4.78 is 2.34. The first kappa shape index (κ1) is 13.9. The van der Waals surface area contributed by atoms with Gasteiger partial charge in [-0.1, -0.05) is 35.9 Å². The average molecular weight is 278 g/mol. The Labute approximate surface area is 126 Å². The van der Waals surface area contributed by atoms with Crippen molar-refractivity contribution in [3.63, 3.8) is 0 Å². The van der Waals surface area contributed by atoms with E-state index in [1.54, 1.807) is 0 Å². The molecule has 0 bridgehead atoms. The predicted molar refractivity (Wildman–Crippen MR) is 89.7 cm³/mol. The van der Waals surface area contributed by atoms with Crippen LogP contribution in [0.5, 0.6) is 0 Å². The van der Waals surface area contributed by atoms with Gasteiger partial charge in [-0.15, -0.1) is 0 Å². The molecule has 0 unspecified atom stereocenters. The molecule has 0 radical (unpaired) electrons. The molecule has 0 fully saturated rings. The molecule has 0 spiro atoms. The van der Waals surface area contributed by atoms with Gasteiger partial charge in [0.1, 0.15) is 0 Å². The van der Waals surface area contributed by atoms with Crippen LogP contribution in [0.4, 0.5) is 0 Å². The smallest absolute Gasteiger partial charge is 0.0486 e. The van der Waals surface area contributed by atoms with Gasteiger partial charge in [-0.2, -0.15) is 0 Å². The Hall–Kier alpha value is -2.06. The minimum absolute atomic E-state index is 0.907. The van der Waals surface area contributed by atoms with E-state index in [2.05, 4.69) is 72.4 Å². The van der Waals surface area contributed by atoms with Crippen LogP contribution in [0.25, 0.3) is 10.9 Å². The van der Waals surface area contributed by atoms with Crippen LogP contribution in [0.15, 0.2) is 48.7 Å². The van der Waals surface area contributed by atoms with Crippen molar-refractivity contribution in [3.8, 4) is 0 Å². The molecule has 0 aliphatic rings. The fraction of sp³-hybridized carbons (Fsp3) is 0.263. The minimum Gasteiger partial charge on any atom is -0.343 e. The second-order valence-corrected chi connectivity index (χ2v) is 5.80. The number of nitrogens with one attached hydrogen (secondary N) is 1. The van der Waals surface area contributed by atoms with Crippen molar-refractivity contribution >= 4 is 10.9 Å². The highest BCUT2D eigenvalue weighted by Crippen LogP contribution is 2.20. The zero-order chi connectivity index (χ0) is 14.8. The normalized spacial score (nSPS) is 11.2. The fourth-order valence-electron chi connectivity index (χ4n) is 2.84. The van der Waals surface area contributed by atoms with E-state index in [4.69, 9.17) is 0 Å². The molecule has 21 heavy (non-hydrogen) atoms. The monoisotopic (exact) mass is 278 g/mol. The molecule has 108 valence electrons. The number of fused-ring (bicyclic) bond motifs is 1. The fourth-order valence-corrected chi connectivity index (χ4v) is 2.84. The van der Waals surface area contributed by atoms with Crippen molar-refractivity contribution in [2.45, 2.75) is 26.9 Å². The van der Waals surface area contributed by atoms with Gasteiger partial charge in [-0.05, 0) is 55.1 Å². The maximum Gasteiger partial charge on any atom is 0.0486 e. The zero-order valence-electron chi connectivity index (χ0n) is 13.0. The molecule has 2 aromatic carbocycles. The van der Waals surface area contributed by atoms with Gasteiger partial charge in [-0.3, -0.25) is 0 Å². The van der Waals surface area contributed by atoms with Crippen LogP contribution in [0.2, 0.25) is 0 Å². The lowest BCUT2D eigenvalue weighted by atomic mass is 10.1. The van der Waals surface area contributed by atoms with E-state index < -0.39 is 0 Å². The molecular weight excluding hydrogens is 256 g/mol. The van der Waals surface area contributed by atoms with E-state index in [0.29, 0.717) is 0 Å². The maximum atomic E-state index is 3.22. The van der Waals surface area contributed by atoms with Gasteiger partial charge in [0.15, 0.2) is 0 Å². The second-order valence-electron chi connectivity index (χ2n) is 5.80. The summed E-state index contributed by atoms with van der Waals surface area (Å²) in [6.07, 6.45) is 2.19. The summed E-state index contributed by atoms with van der Waals surface area (Å²) in [6, 6.07) is 15.6. The van der Waals surface area contributed by atoms with Gasteiger partial charge in [-0.25, -0.2) is 0 Å². The third-order valence-electron chi connectivity index (χ3n) is 4.06. The van der Waals surface area contributed by atoms with Gasteiger partial charge in [0, 0.05) is 24.8 Å². The largest absolute Gasteiger partial charge is 0.343 e. The Morgan fingerprint density at radius 2 is 1.86 bits per heavy atom. The highest BCUT2D eigenvalue weighted by Gasteiger charge is 2.05. The molecule has 0 saturated heterocycles. The van der Waals surface area contributed by atoms with E-state index >= 15 is 0 Å². The molecule has 0 amide bonds. The van der Waals surface area contributed by atoms with Crippen LogP contribution in [0.3, 0.4) is 0 Å². The molecule has 1 heterocycles. The molecule has 3 aromatic rings. The number of hydrogen-bond acceptors (Lipinski definition) is 1. The number of aryl methyl sites for hydroxylation is 2. The first-order valence-corrected chi connectivity index (χ1v) is 7.46. The van der Waals surface area contributed by atoms with Crippen molar-refractivity contribution in [2.24, 2.45) is 0 Å². The summed E-state index contributed by atoms with van der Waals surface area (Å²) in [4.78, 5) is 0. The highest BCUT2D eigenvalue weighted by atomic mass is 15.0. The Morgan fingerprint density at radius 3 is 2.67 bits per heavy atom. The maximum absolute atomic E-state index is 3.22. The van der Waals surface area contributed by atoms with Crippen LogP contribution in [-0.2, 0) is 13.1 Å². The van der Waals surface area contributed by atoms with E-state index in [0.717, 1.165) is 13.1 Å². The number of nitrogens with zero attached hydrogens (tertiary/aromatic N) is 1. The third kappa shape index (κ3) is 2.86. The lowest BCUT2D eigenvalue weighted by molar-refractivity contribution is 0.810. The molecule has 0 saturated carbocycles. The number of aromatic nitrogens is 1. The van der Waals surface area contributed by atoms with Gasteiger partial charge < -0.3 is 9.88 Å². The molecule has 1 N–H and O–H groups in total. The van der Waals surface area contributed by atoms with Crippen molar-refractivity contribution in [3.05, 3.63) is 70.9 Å². The molecular formula is C19H22N2. The lowest BCUT2D eigenvalue weighted by Gasteiger charge is -2.10. The van der Waals surface area contributed by atoms with E-state index in [9.17, 15) is 0 Å². The first-order valence-electron chi connectivity index (χ1n) is 7.46. The summed E-state index contributed by atoms with van der Waals surface area (Å²) in [5.41, 5.74) is 6.71. The van der Waals surface area contributed by atoms with Gasteiger partial charge in [0.2, 0.25) is 0 Å². The molecule has 2 nitrogen and oxygen atoms in total. The Bertz CT molecular complexity index is 768. The Kier molecular flexibility index (Phi) is 3.80. The molecule has 3 rings (SSSR count). The highest BCUT2D eigenvalue weighted by molar-refractivity contribution is 5.81. The van der Waals surface area contributed by atoms with Gasteiger partial charge in [0.25, 0.3) is 0 Å². The third-order valence-corrected chi connectivity index (χ3v) is 4.06. The quantitative estimate of drug-likeness (QED) is 0.762. The van der Waals surface area contributed by atoms with Crippen LogP contribution in [0, 0.1) is 13.8 Å². The van der Waals surface area contributed by atoms with Crippen molar-refractivity contribution in [1.29, 1.82) is 0 Å². The molecule has 1 aromatic heterocycles. The Balaban J connectivity index is 2.00. The summed E-state index contributed by atoms with van der Waals surface area (Å²) in [5, 5.41) is 4.52. The molecule has 0 atom stereocenters. The molecule has 0 aliphatic carbocycles. The first-order chi connectivity index (χ1) is 10.2. The van der Waals surface area contributed by atoms with Crippen LogP contribution >= 0.6 is 0 Å². The summed E-state index contributed by atoms with van der Waals surface area (Å²) in [5.74, 6) is 0. The van der Waals surface area contributed by atoms with Crippen molar-refractivity contribution in [1.82, 2.24) is 9.88 Å². The molecule has 0 aliphatic heterocycles. The SMILES string of the molecule is CNCc1ccc2ccn(Cc3cc(C)ccc3C)c2c1. The summed E-state index contributed by atoms with van der Waals surface area (Å²) in [6.45, 7) is 6.18. The van der Waals surface area contributed by atoms with Gasteiger partial charge >= 0.3 is 0 Å². The van der Waals surface area contributed by atoms with E-state index in [-0.39, 0.29) is 0 Å². The van der Waals surface area contributed by atoms with Crippen molar-refractivity contribution < 1.29 is 0 Å². The zero-order valence-corrected chi connectivity index (χ0v) is 13.0. The van der Waals surface area contributed by atoms with Crippen LogP contribution < -0.4 is 5.32 Å². The number of hydrogen-bond donors (Lipinski definition) is 1. The second kappa shape index (κ2) is 5.74. The lowest BCUT2D eigenvalue weighted by Crippen LogP contribution is -2.05. The Morgan fingerprint density at radius 1 is 1.00 bits per heavy atom. The average Bonchev–Trinajstić information content (AvgIpc) is 2.86. The van der Waals surface area contributed by atoms with E-state index in [1.807, 2.05) is 7.05 Å². The van der Waals surface area contributed by atoms with Gasteiger partial charge in [0.05, 0.1) is 0 Å². The van der Waals surface area contributed by atoms with Crippen LogP contribution in [0.1, 0.15) is 22.3 Å². The standard InChI is InChI=1S/C19H22N2/c1-14-4-5-15(2)18(10-14)13-21-9-8-17-7-6-16(12-20-3)11-19(17)21/h4-11,20H,12-13H2,1-3H3. The number of benzene rings is 2. The predicted octanol–water partition coefficient (Wildman–Crippen LogP) is 4.03. The van der Waals surface area contributed by atoms with Crippen LogP contribution in [-0.4, -0.2) is 11.6 Å². The number of rotatable bonds is 4. The minimum atomic E-state index is 0.907. The summed E-state index contributed by atoms with van der Waals surface area (Å²) >= 11 is 0. The van der Waals surface area contributed by atoms with E-state index in [1.165, 1.54) is 33.2 Å². The topological polar surface area (TPSA) is 17.0 Å².